The third-order valence-electron chi connectivity index (χ3n) is 3.33. The Hall–Kier alpha value is -0.980. The number of likely N-dealkylation sites (N-methyl/N-ethyl adjacent to an activating group) is 1. The van der Waals surface area contributed by atoms with Crippen molar-refractivity contribution in [2.24, 2.45) is 0 Å². The van der Waals surface area contributed by atoms with Crippen LogP contribution in [0.25, 0.3) is 0 Å². The fourth-order valence-corrected chi connectivity index (χ4v) is 2.91. The van der Waals surface area contributed by atoms with E-state index in [2.05, 4.69) is 9.88 Å². The smallest absolute Gasteiger partial charge is 0.326 e. The van der Waals surface area contributed by atoms with E-state index in [0.717, 1.165) is 23.8 Å². The van der Waals surface area contributed by atoms with Gasteiger partial charge in [-0.05, 0) is 20.4 Å². The second-order valence-electron chi connectivity index (χ2n) is 4.58. The van der Waals surface area contributed by atoms with E-state index in [-0.39, 0.29) is 18.6 Å². The molecular formula is C13H20N2O3S. The van der Waals surface area contributed by atoms with E-state index in [0.29, 0.717) is 13.2 Å². The van der Waals surface area contributed by atoms with Gasteiger partial charge in [0.1, 0.15) is 17.7 Å². The van der Waals surface area contributed by atoms with Crippen molar-refractivity contribution in [3.8, 4) is 0 Å². The lowest BCUT2D eigenvalue weighted by Crippen LogP contribution is -2.50. The molecule has 0 N–H and O–H groups in total. The summed E-state index contributed by atoms with van der Waals surface area (Å²) < 4.78 is 10.7. The fraction of sp³-hybridized carbons (Fsp3) is 0.692. The van der Waals surface area contributed by atoms with Gasteiger partial charge in [0.2, 0.25) is 0 Å². The zero-order valence-electron chi connectivity index (χ0n) is 11.6. The van der Waals surface area contributed by atoms with Crippen molar-refractivity contribution in [2.75, 3.05) is 26.3 Å². The number of hydrogen-bond donors (Lipinski definition) is 0. The number of carbonyl (C=O) groups excluding carboxylic acids is 1. The number of aromatic nitrogens is 1. The zero-order valence-corrected chi connectivity index (χ0v) is 12.5. The van der Waals surface area contributed by atoms with Gasteiger partial charge < -0.3 is 9.47 Å². The maximum absolute atomic E-state index is 12.1. The van der Waals surface area contributed by atoms with E-state index in [1.807, 2.05) is 20.8 Å². The number of morpholine rings is 1. The Balaban J connectivity index is 1.89. The first-order valence-electron chi connectivity index (χ1n) is 6.53. The highest BCUT2D eigenvalue weighted by atomic mass is 32.1. The molecule has 0 bridgehead atoms. The number of aryl methyl sites for hydroxylation is 2. The minimum absolute atomic E-state index is 0.216. The summed E-state index contributed by atoms with van der Waals surface area (Å²) in [6.45, 7) is 9.00. The van der Waals surface area contributed by atoms with Crippen LogP contribution in [0.5, 0.6) is 0 Å². The van der Waals surface area contributed by atoms with Crippen LogP contribution in [0.1, 0.15) is 22.5 Å². The fourth-order valence-electron chi connectivity index (χ4n) is 2.06. The Bertz CT molecular complexity index is 428. The molecule has 0 saturated carbocycles. The number of esters is 1. The summed E-state index contributed by atoms with van der Waals surface area (Å²) in [6.07, 6.45) is 0. The molecule has 6 heteroatoms. The number of hydrogen-bond acceptors (Lipinski definition) is 6. The first-order valence-corrected chi connectivity index (χ1v) is 7.34. The van der Waals surface area contributed by atoms with Crippen LogP contribution in [-0.4, -0.2) is 48.2 Å². The van der Waals surface area contributed by atoms with Gasteiger partial charge in [0.05, 0.1) is 18.9 Å². The van der Waals surface area contributed by atoms with Gasteiger partial charge in [-0.25, -0.2) is 4.98 Å². The maximum Gasteiger partial charge on any atom is 0.326 e. The predicted molar refractivity (Wildman–Crippen MR) is 73.2 cm³/mol. The van der Waals surface area contributed by atoms with Gasteiger partial charge in [0, 0.05) is 11.4 Å². The van der Waals surface area contributed by atoms with Crippen molar-refractivity contribution < 1.29 is 14.3 Å². The van der Waals surface area contributed by atoms with Gasteiger partial charge in [-0.1, -0.05) is 6.92 Å². The average molecular weight is 284 g/mol. The van der Waals surface area contributed by atoms with Crippen LogP contribution < -0.4 is 0 Å². The number of thiazole rings is 1. The second-order valence-corrected chi connectivity index (χ2v) is 5.86. The maximum atomic E-state index is 12.1. The van der Waals surface area contributed by atoms with E-state index in [1.54, 1.807) is 11.3 Å². The van der Waals surface area contributed by atoms with Crippen molar-refractivity contribution >= 4 is 17.3 Å². The molecular weight excluding hydrogens is 264 g/mol. The summed E-state index contributed by atoms with van der Waals surface area (Å²) >= 11 is 1.58. The van der Waals surface area contributed by atoms with Crippen molar-refractivity contribution in [3.63, 3.8) is 0 Å². The van der Waals surface area contributed by atoms with E-state index in [9.17, 15) is 4.79 Å². The summed E-state index contributed by atoms with van der Waals surface area (Å²) in [5, 5.41) is 0.850. The molecule has 1 aromatic heterocycles. The SMILES string of the molecule is CCN1CCOC[C@H]1C(=O)OCc1nc(C)c(C)s1. The Kier molecular flexibility index (Phi) is 4.90. The van der Waals surface area contributed by atoms with Gasteiger partial charge in [0.25, 0.3) is 0 Å². The normalized spacial score (nSPS) is 20.5. The molecule has 1 aliphatic rings. The van der Waals surface area contributed by atoms with Crippen molar-refractivity contribution in [2.45, 2.75) is 33.4 Å². The quantitative estimate of drug-likeness (QED) is 0.785. The van der Waals surface area contributed by atoms with Gasteiger partial charge >= 0.3 is 5.97 Å². The summed E-state index contributed by atoms with van der Waals surface area (Å²) in [6, 6.07) is -0.277. The third-order valence-corrected chi connectivity index (χ3v) is 4.37. The van der Waals surface area contributed by atoms with Crippen LogP contribution >= 0.6 is 11.3 Å². The Morgan fingerprint density at radius 2 is 2.37 bits per heavy atom. The summed E-state index contributed by atoms with van der Waals surface area (Å²) in [7, 11) is 0. The van der Waals surface area contributed by atoms with Crippen LogP contribution in [0.3, 0.4) is 0 Å². The van der Waals surface area contributed by atoms with Crippen molar-refractivity contribution in [1.82, 2.24) is 9.88 Å². The number of rotatable bonds is 4. The zero-order chi connectivity index (χ0) is 13.8. The molecule has 19 heavy (non-hydrogen) atoms. The van der Waals surface area contributed by atoms with Crippen molar-refractivity contribution in [1.29, 1.82) is 0 Å². The topological polar surface area (TPSA) is 51.7 Å². The standard InChI is InChI=1S/C13H20N2O3S/c1-4-15-5-6-17-7-11(15)13(16)18-8-12-14-9(2)10(3)19-12/h11H,4-8H2,1-3H3/t11-/m0/s1. The molecule has 1 aliphatic heterocycles. The Morgan fingerprint density at radius 3 is 3.00 bits per heavy atom. The average Bonchev–Trinajstić information content (AvgIpc) is 2.75. The lowest BCUT2D eigenvalue weighted by molar-refractivity contribution is -0.157. The number of nitrogens with zero attached hydrogens (tertiary/aromatic N) is 2. The monoisotopic (exact) mass is 284 g/mol. The molecule has 0 spiro atoms. The molecule has 1 saturated heterocycles. The van der Waals surface area contributed by atoms with E-state index >= 15 is 0 Å². The lowest BCUT2D eigenvalue weighted by atomic mass is 10.2. The molecule has 106 valence electrons. The highest BCUT2D eigenvalue weighted by Crippen LogP contribution is 2.18. The minimum atomic E-state index is -0.277. The largest absolute Gasteiger partial charge is 0.457 e. The van der Waals surface area contributed by atoms with E-state index in [1.165, 1.54) is 4.88 Å². The molecule has 0 radical (unpaired) electrons. The third kappa shape index (κ3) is 3.52. The summed E-state index contributed by atoms with van der Waals surface area (Å²) in [4.78, 5) is 19.7. The summed E-state index contributed by atoms with van der Waals surface area (Å²) in [5.41, 5.74) is 1.01. The van der Waals surface area contributed by atoms with Gasteiger partial charge in [-0.2, -0.15) is 0 Å². The van der Waals surface area contributed by atoms with Crippen LogP contribution in [0, 0.1) is 13.8 Å². The lowest BCUT2D eigenvalue weighted by Gasteiger charge is -2.32. The predicted octanol–water partition coefficient (Wildman–Crippen LogP) is 1.52. The molecule has 0 aromatic carbocycles. The molecule has 0 aliphatic carbocycles. The number of ether oxygens (including phenoxy) is 2. The molecule has 1 fully saturated rings. The first kappa shape index (κ1) is 14.4. The first-order chi connectivity index (χ1) is 9.11. The van der Waals surface area contributed by atoms with Crippen LogP contribution in [-0.2, 0) is 20.9 Å². The molecule has 5 nitrogen and oxygen atoms in total. The highest BCUT2D eigenvalue weighted by molar-refractivity contribution is 7.11. The Morgan fingerprint density at radius 1 is 1.58 bits per heavy atom. The minimum Gasteiger partial charge on any atom is -0.457 e. The molecule has 0 unspecified atom stereocenters. The van der Waals surface area contributed by atoms with Gasteiger partial charge in [0.15, 0.2) is 0 Å². The Labute approximate surface area is 117 Å². The number of carbonyl (C=O) groups is 1. The van der Waals surface area contributed by atoms with Crippen LogP contribution in [0.4, 0.5) is 0 Å². The molecule has 0 amide bonds. The molecule has 1 aromatic rings. The summed E-state index contributed by atoms with van der Waals surface area (Å²) in [5.74, 6) is -0.216. The van der Waals surface area contributed by atoms with Gasteiger partial charge in [-0.3, -0.25) is 9.69 Å². The molecule has 1 atom stereocenters. The molecule has 2 rings (SSSR count). The van der Waals surface area contributed by atoms with Crippen LogP contribution in [0.15, 0.2) is 0 Å². The highest BCUT2D eigenvalue weighted by Gasteiger charge is 2.29. The van der Waals surface area contributed by atoms with Crippen LogP contribution in [0.2, 0.25) is 0 Å². The molecule has 2 heterocycles. The van der Waals surface area contributed by atoms with E-state index < -0.39 is 0 Å². The van der Waals surface area contributed by atoms with E-state index in [4.69, 9.17) is 9.47 Å². The van der Waals surface area contributed by atoms with Gasteiger partial charge in [-0.15, -0.1) is 11.3 Å². The second kappa shape index (κ2) is 6.45. The van der Waals surface area contributed by atoms with Crippen molar-refractivity contribution in [3.05, 3.63) is 15.6 Å².